The lowest BCUT2D eigenvalue weighted by molar-refractivity contribution is -0.384. The molecule has 2 N–H and O–H groups in total. The molecule has 0 aliphatic heterocycles. The van der Waals surface area contributed by atoms with Crippen LogP contribution < -0.4 is 5.32 Å². The molecule has 1 unspecified atom stereocenters. The van der Waals surface area contributed by atoms with Crippen molar-refractivity contribution in [3.8, 4) is 0 Å². The van der Waals surface area contributed by atoms with Crippen molar-refractivity contribution in [1.29, 1.82) is 0 Å². The van der Waals surface area contributed by atoms with Gasteiger partial charge in [-0.15, -0.1) is 0 Å². The highest BCUT2D eigenvalue weighted by molar-refractivity contribution is 6.33. The summed E-state index contributed by atoms with van der Waals surface area (Å²) in [6, 6.07) is 3.42. The van der Waals surface area contributed by atoms with Crippen LogP contribution in [0.5, 0.6) is 0 Å². The summed E-state index contributed by atoms with van der Waals surface area (Å²) >= 11 is 5.75. The van der Waals surface area contributed by atoms with E-state index in [-0.39, 0.29) is 28.9 Å². The van der Waals surface area contributed by atoms with Crippen LogP contribution in [0.1, 0.15) is 30.6 Å². The largest absolute Gasteiger partial charge is 0.394 e. The lowest BCUT2D eigenvalue weighted by Crippen LogP contribution is -2.38. The molecule has 1 aromatic carbocycles. The van der Waals surface area contributed by atoms with Crippen molar-refractivity contribution >= 4 is 23.2 Å². The van der Waals surface area contributed by atoms with Crippen molar-refractivity contribution in [3.63, 3.8) is 0 Å². The van der Waals surface area contributed by atoms with E-state index >= 15 is 0 Å². The third kappa shape index (κ3) is 4.47. The van der Waals surface area contributed by atoms with Crippen LogP contribution in [-0.4, -0.2) is 28.6 Å². The fourth-order valence-electron chi connectivity index (χ4n) is 1.81. The van der Waals surface area contributed by atoms with E-state index in [1.54, 1.807) is 0 Å². The van der Waals surface area contributed by atoms with Crippen LogP contribution in [-0.2, 0) is 0 Å². The van der Waals surface area contributed by atoms with Gasteiger partial charge in [0.25, 0.3) is 11.6 Å². The average molecular weight is 301 g/mol. The number of amides is 1. The van der Waals surface area contributed by atoms with E-state index < -0.39 is 10.8 Å². The number of hydrogen-bond donors (Lipinski definition) is 2. The van der Waals surface area contributed by atoms with Crippen LogP contribution in [0.25, 0.3) is 0 Å². The highest BCUT2D eigenvalue weighted by atomic mass is 35.5. The van der Waals surface area contributed by atoms with Gasteiger partial charge >= 0.3 is 0 Å². The summed E-state index contributed by atoms with van der Waals surface area (Å²) in [6.07, 6.45) is 0.642. The van der Waals surface area contributed by atoms with Gasteiger partial charge in [-0.2, -0.15) is 0 Å². The standard InChI is InChI=1S/C13H17ClN2O4/c1-8(2)5-10(7-17)15-13(18)9-3-4-12(16(19)20)11(14)6-9/h3-4,6,8,10,17H,5,7H2,1-2H3,(H,15,18). The zero-order valence-electron chi connectivity index (χ0n) is 11.3. The van der Waals surface area contributed by atoms with Gasteiger partial charge in [0.05, 0.1) is 17.6 Å². The molecule has 0 heterocycles. The minimum atomic E-state index is -0.612. The molecule has 110 valence electrons. The maximum absolute atomic E-state index is 12.0. The van der Waals surface area contributed by atoms with Gasteiger partial charge in [-0.05, 0) is 24.5 Å². The Hall–Kier alpha value is -1.66. The van der Waals surface area contributed by atoms with Crippen molar-refractivity contribution in [3.05, 3.63) is 38.9 Å². The predicted molar refractivity (Wildman–Crippen MR) is 75.9 cm³/mol. The van der Waals surface area contributed by atoms with Gasteiger partial charge in [0.2, 0.25) is 0 Å². The molecule has 0 aliphatic carbocycles. The number of carbonyl (C=O) groups excluding carboxylic acids is 1. The fourth-order valence-corrected chi connectivity index (χ4v) is 2.06. The van der Waals surface area contributed by atoms with Gasteiger partial charge in [-0.3, -0.25) is 14.9 Å². The Morgan fingerprint density at radius 3 is 2.60 bits per heavy atom. The molecule has 0 saturated carbocycles. The van der Waals surface area contributed by atoms with E-state index in [0.717, 1.165) is 0 Å². The Balaban J connectivity index is 2.82. The zero-order valence-corrected chi connectivity index (χ0v) is 12.1. The molecule has 0 aliphatic rings. The zero-order chi connectivity index (χ0) is 15.3. The molecule has 6 nitrogen and oxygen atoms in total. The molecule has 1 atom stereocenters. The number of nitro groups is 1. The number of carbonyl (C=O) groups is 1. The molecule has 7 heteroatoms. The van der Waals surface area contributed by atoms with Gasteiger partial charge in [0, 0.05) is 11.6 Å². The molecule has 20 heavy (non-hydrogen) atoms. The Morgan fingerprint density at radius 2 is 2.15 bits per heavy atom. The number of nitrogens with zero attached hydrogens (tertiary/aromatic N) is 1. The number of aliphatic hydroxyl groups excluding tert-OH is 1. The van der Waals surface area contributed by atoms with E-state index in [4.69, 9.17) is 11.6 Å². The van der Waals surface area contributed by atoms with E-state index in [1.807, 2.05) is 13.8 Å². The van der Waals surface area contributed by atoms with Crippen LogP contribution >= 0.6 is 11.6 Å². The third-order valence-corrected chi connectivity index (χ3v) is 3.02. The highest BCUT2D eigenvalue weighted by Gasteiger charge is 2.18. The summed E-state index contributed by atoms with van der Waals surface area (Å²) in [6.45, 7) is 3.81. The minimum Gasteiger partial charge on any atom is -0.394 e. The predicted octanol–water partition coefficient (Wildman–Crippen LogP) is 2.39. The quantitative estimate of drug-likeness (QED) is 0.623. The molecule has 0 bridgehead atoms. The second-order valence-corrected chi connectivity index (χ2v) is 5.31. The smallest absolute Gasteiger partial charge is 0.287 e. The van der Waals surface area contributed by atoms with Crippen LogP contribution in [0.4, 0.5) is 5.69 Å². The van der Waals surface area contributed by atoms with Gasteiger partial charge in [-0.1, -0.05) is 25.4 Å². The lowest BCUT2D eigenvalue weighted by Gasteiger charge is -2.18. The molecule has 0 spiro atoms. The van der Waals surface area contributed by atoms with Crippen molar-refractivity contribution in [2.75, 3.05) is 6.61 Å². The first-order chi connectivity index (χ1) is 9.35. The van der Waals surface area contributed by atoms with E-state index in [2.05, 4.69) is 5.32 Å². The molecule has 0 radical (unpaired) electrons. The first-order valence-electron chi connectivity index (χ1n) is 6.20. The van der Waals surface area contributed by atoms with Crippen LogP contribution in [0, 0.1) is 16.0 Å². The van der Waals surface area contributed by atoms with Crippen LogP contribution in [0.3, 0.4) is 0 Å². The molecule has 0 aromatic heterocycles. The number of aliphatic hydroxyl groups is 1. The second-order valence-electron chi connectivity index (χ2n) is 4.91. The maximum atomic E-state index is 12.0. The van der Waals surface area contributed by atoms with Gasteiger partial charge < -0.3 is 10.4 Å². The monoisotopic (exact) mass is 300 g/mol. The van der Waals surface area contributed by atoms with Crippen molar-refractivity contribution in [1.82, 2.24) is 5.32 Å². The second kappa shape index (κ2) is 7.21. The van der Waals surface area contributed by atoms with E-state index in [1.165, 1.54) is 18.2 Å². The van der Waals surface area contributed by atoms with Gasteiger partial charge in [0.15, 0.2) is 0 Å². The number of nitro benzene ring substituents is 1. The lowest BCUT2D eigenvalue weighted by atomic mass is 10.0. The summed E-state index contributed by atoms with van der Waals surface area (Å²) < 4.78 is 0. The fraction of sp³-hybridized carbons (Fsp3) is 0.462. The number of halogens is 1. The van der Waals surface area contributed by atoms with Crippen LogP contribution in [0.2, 0.25) is 5.02 Å². The maximum Gasteiger partial charge on any atom is 0.287 e. The van der Waals surface area contributed by atoms with Gasteiger partial charge in [0.1, 0.15) is 5.02 Å². The molecule has 0 saturated heterocycles. The Labute approximate surface area is 121 Å². The Kier molecular flexibility index (Phi) is 5.91. The third-order valence-electron chi connectivity index (χ3n) is 2.72. The topological polar surface area (TPSA) is 92.5 Å². The van der Waals surface area contributed by atoms with Crippen molar-refractivity contribution in [2.24, 2.45) is 5.92 Å². The Bertz CT molecular complexity index is 505. The minimum absolute atomic E-state index is 0.0907. The van der Waals surface area contributed by atoms with Crippen molar-refractivity contribution in [2.45, 2.75) is 26.3 Å². The Morgan fingerprint density at radius 1 is 1.50 bits per heavy atom. The first kappa shape index (κ1) is 16.4. The molecular formula is C13H17ClN2O4. The molecule has 1 rings (SSSR count). The molecular weight excluding hydrogens is 284 g/mol. The molecule has 1 aromatic rings. The summed E-state index contributed by atoms with van der Waals surface area (Å²) in [5.41, 5.74) is -0.0214. The SMILES string of the molecule is CC(C)CC(CO)NC(=O)c1ccc([N+](=O)[O-])c(Cl)c1. The normalized spacial score (nSPS) is 12.2. The number of nitrogens with one attached hydrogen (secondary N) is 1. The van der Waals surface area contributed by atoms with E-state index in [0.29, 0.717) is 12.3 Å². The summed E-state index contributed by atoms with van der Waals surface area (Å²) in [5, 5.41) is 22.4. The number of rotatable bonds is 6. The summed E-state index contributed by atoms with van der Waals surface area (Å²) in [4.78, 5) is 22.0. The summed E-state index contributed by atoms with van der Waals surface area (Å²) in [7, 11) is 0. The highest BCUT2D eigenvalue weighted by Crippen LogP contribution is 2.25. The first-order valence-corrected chi connectivity index (χ1v) is 6.58. The van der Waals surface area contributed by atoms with Crippen molar-refractivity contribution < 1.29 is 14.8 Å². The molecule has 0 fully saturated rings. The summed E-state index contributed by atoms with van der Waals surface area (Å²) in [5.74, 6) is -0.0885. The average Bonchev–Trinajstić information content (AvgIpc) is 2.36. The number of hydrogen-bond acceptors (Lipinski definition) is 4. The van der Waals surface area contributed by atoms with E-state index in [9.17, 15) is 20.0 Å². The van der Waals surface area contributed by atoms with Gasteiger partial charge in [-0.25, -0.2) is 0 Å². The number of benzene rings is 1. The van der Waals surface area contributed by atoms with Crippen LogP contribution in [0.15, 0.2) is 18.2 Å². The molecule has 1 amide bonds.